The van der Waals surface area contributed by atoms with Crippen LogP contribution < -0.4 is 64.2 Å². The number of allylic oxidation sites excluding steroid dienone is 1. The zero-order valence-electron chi connectivity index (χ0n) is 75.8. The van der Waals surface area contributed by atoms with Crippen molar-refractivity contribution in [3.8, 4) is 5.75 Å². The van der Waals surface area contributed by atoms with Crippen LogP contribution in [0.2, 0.25) is 0 Å². The van der Waals surface area contributed by atoms with Crippen molar-refractivity contribution in [3.05, 3.63) is 166 Å². The number of phenolic OH excluding ortho intramolecular Hbond substituents is 1. The molecule has 10 atom stereocenters. The molecule has 1 aliphatic carbocycles. The van der Waals surface area contributed by atoms with Gasteiger partial charge in [0.2, 0.25) is 70.9 Å². The van der Waals surface area contributed by atoms with Crippen molar-refractivity contribution in [2.45, 2.75) is 271 Å². The number of nitrogens with two attached hydrogens (primary N) is 1. The van der Waals surface area contributed by atoms with Crippen LogP contribution in [0.15, 0.2) is 121 Å². The molecule has 36 nitrogen and oxygen atoms in total. The van der Waals surface area contributed by atoms with Gasteiger partial charge < -0.3 is 104 Å². The molecule has 2 aliphatic heterocycles. The van der Waals surface area contributed by atoms with E-state index in [-0.39, 0.29) is 114 Å². The minimum atomic E-state index is -2.11. The van der Waals surface area contributed by atoms with Gasteiger partial charge in [-0.1, -0.05) is 120 Å². The maximum Gasteiger partial charge on any atom is 0.326 e. The van der Waals surface area contributed by atoms with E-state index in [9.17, 15) is 68.4 Å². The van der Waals surface area contributed by atoms with Gasteiger partial charge in [0.05, 0.1) is 31.0 Å². The van der Waals surface area contributed by atoms with Crippen molar-refractivity contribution in [1.29, 1.82) is 0 Å². The largest absolute Gasteiger partial charge is 0.508 e. The molecule has 10 rings (SSSR count). The number of amides is 12. The van der Waals surface area contributed by atoms with Crippen molar-refractivity contribution in [3.63, 3.8) is 0 Å². The van der Waals surface area contributed by atoms with Crippen molar-refractivity contribution in [2.75, 3.05) is 24.6 Å². The Morgan fingerprint density at radius 2 is 1.12 bits per heavy atom. The van der Waals surface area contributed by atoms with E-state index in [0.29, 0.717) is 40.9 Å². The summed E-state index contributed by atoms with van der Waals surface area (Å²) in [7, 11) is 0. The second-order valence-corrected chi connectivity index (χ2v) is 36.9. The third-order valence-electron chi connectivity index (χ3n) is 24.3. The first-order chi connectivity index (χ1) is 64.8. The monoisotopic (exact) mass is 1910 g/mol. The number of primary amides is 1. The molecule has 0 saturated carbocycles. The summed E-state index contributed by atoms with van der Waals surface area (Å²) < 4.78 is 30.5. The molecule has 0 spiro atoms. The van der Waals surface area contributed by atoms with Crippen LogP contribution in [0.4, 0.5) is 8.78 Å². The first kappa shape index (κ1) is 104. The highest BCUT2D eigenvalue weighted by Gasteiger charge is 2.49. The molecule has 2 bridgehead atoms. The van der Waals surface area contributed by atoms with Gasteiger partial charge >= 0.3 is 17.9 Å². The van der Waals surface area contributed by atoms with Crippen molar-refractivity contribution in [2.24, 2.45) is 5.73 Å². The smallest absolute Gasteiger partial charge is 0.326 e. The van der Waals surface area contributed by atoms with Crippen LogP contribution in [-0.2, 0) is 109 Å². The maximum absolute atomic E-state index is 15.5. The van der Waals surface area contributed by atoms with E-state index in [0.717, 1.165) is 55.4 Å². The lowest BCUT2D eigenvalue weighted by molar-refractivity contribution is -0.147. The van der Waals surface area contributed by atoms with Crippen molar-refractivity contribution in [1.82, 2.24) is 83.3 Å². The molecular weight excluding hydrogens is 1790 g/mol. The number of aromatic nitrogens is 4. The van der Waals surface area contributed by atoms with Gasteiger partial charge in [-0.15, -0.1) is 0 Å². The van der Waals surface area contributed by atoms with Crippen LogP contribution in [0.5, 0.6) is 5.75 Å². The molecule has 0 radical (unpaired) electrons. The number of carboxylic acid groups (broad SMARTS) is 3. The number of carboxylic acids is 3. The van der Waals surface area contributed by atoms with Crippen molar-refractivity contribution >= 4 is 134 Å². The maximum atomic E-state index is 15.5. The summed E-state index contributed by atoms with van der Waals surface area (Å²) >= 11 is 2.72. The molecule has 4 aromatic carbocycles. The van der Waals surface area contributed by atoms with Gasteiger partial charge in [-0.05, 0) is 135 Å². The highest BCUT2D eigenvalue weighted by atomic mass is 32.2. The molecule has 3 aromatic heterocycles. The molecule has 135 heavy (non-hydrogen) atoms. The third kappa shape index (κ3) is 32.5. The number of thioether (sulfide) groups is 2. The molecule has 728 valence electrons. The average Bonchev–Trinajstić information content (AvgIpc) is 1.66. The SMILES string of the molecule is CCCCCCCCCCCCCCCC(=O)N[C@@H](CCC(=O)N[C@@H](CCC(=O)NC1=C2NCC(=O)N[C@@H](Cc3c[nH]c4ccc(F)cc34)C(=O)N[C@@H](Cc3c[nH]c4ccc(F)cc34)C(=O)N[C@@H](CC(=O)O)C(=O)N[C@@H](Cc3cnc[nH]3)C(=O)N[C@@H](Cc3ccc(O)cc3)C(=O)N3CCC[C@@]3(C)C(=O)N[C@H](C(N)=O)CSCc3cccc(c3)CSCCC(=O)N[C@H]2CCC1)C(=O)O)C(=O)O. The molecule has 20 N–H and O–H groups in total. The van der Waals surface area contributed by atoms with E-state index in [1.165, 1.54) is 154 Å². The van der Waals surface area contributed by atoms with Crippen LogP contribution in [0.1, 0.15) is 208 Å². The molecule has 7 aromatic rings. The number of aromatic amines is 3. The molecule has 40 heteroatoms. The first-order valence-electron chi connectivity index (χ1n) is 46.0. The second-order valence-electron chi connectivity index (χ2n) is 34.8. The van der Waals surface area contributed by atoms with Crippen LogP contribution in [-0.4, -0.2) is 219 Å². The summed E-state index contributed by atoms with van der Waals surface area (Å²) in [4.78, 5) is 226. The quantitative estimate of drug-likeness (QED) is 0.0172. The number of phenols is 1. The highest BCUT2D eigenvalue weighted by Crippen LogP contribution is 2.33. The Morgan fingerprint density at radius 1 is 0.578 bits per heavy atom. The molecule has 12 amide bonds. The molecule has 5 heterocycles. The van der Waals surface area contributed by atoms with Crippen molar-refractivity contribution < 1.29 is 101 Å². The van der Waals surface area contributed by atoms with Gasteiger partial charge in [-0.2, -0.15) is 23.5 Å². The van der Waals surface area contributed by atoms with Gasteiger partial charge in [0.1, 0.15) is 71.3 Å². The number of hydrogen-bond donors (Lipinski definition) is 19. The number of rotatable bonds is 36. The number of nitrogens with zero attached hydrogens (tertiary/aromatic N) is 2. The Labute approximate surface area is 788 Å². The van der Waals surface area contributed by atoms with Crippen LogP contribution >= 0.6 is 23.5 Å². The summed E-state index contributed by atoms with van der Waals surface area (Å²) in [5, 5.41) is 71.2. The van der Waals surface area contributed by atoms with Crippen LogP contribution in [0, 0.1) is 11.6 Å². The molecule has 0 unspecified atom stereocenters. The summed E-state index contributed by atoms with van der Waals surface area (Å²) in [6.07, 6.45) is 15.9. The minimum Gasteiger partial charge on any atom is -0.508 e. The van der Waals surface area contributed by atoms with E-state index in [1.807, 2.05) is 24.3 Å². The van der Waals surface area contributed by atoms with Gasteiger partial charge in [0, 0.05) is 133 Å². The topological polar surface area (TPSA) is 559 Å². The summed E-state index contributed by atoms with van der Waals surface area (Å²) in [6, 6.07) is 6.32. The van der Waals surface area contributed by atoms with Gasteiger partial charge in [0.15, 0.2) is 0 Å². The van der Waals surface area contributed by atoms with E-state index in [2.05, 4.69) is 85.3 Å². The zero-order valence-corrected chi connectivity index (χ0v) is 77.4. The molecular formula is C95H123F2N17O19S2. The lowest BCUT2D eigenvalue weighted by Crippen LogP contribution is -2.63. The standard InChI is InChI=1S/C95H123F2N17O19S2/c1-3-4-5-6-7-8-9-10-11-12-13-14-15-23-79(116)106-71(92(129)130)33-35-81(118)107-72(93(131)132)32-34-80(117)104-69-21-17-22-70-85(69)102-51-83(120)108-73(42-59-48-100-67-30-26-61(96)44-65(59)67)87(124)109-74(43-60-49-101-68-31-27-62(97)45-66(60)68)88(125)111-76(47-84(121)122)90(127)110-75(46-63-50-99-55-103-63)89(126)112-77(41-56-24-28-64(115)29-25-56)91(128)114-38-18-37-95(114,2)94(133)113-78(86(98)123)54-135-53-58-20-16-19-57(40-58)52-134-39-36-82(119)105-70/h16,19-20,24-31,40,44-45,48-50,55,70-78,100-102,115H,3-15,17-18,21-23,32-39,41-43,46-47,51-54H2,1-2H3,(H2,98,123)(H,99,103)(H,104,117)(H,105,119)(H,106,116)(H,107,118)(H,108,120)(H,109,124)(H,110,127)(H,111,125)(H,112,126)(H,113,133)(H,121,122)(H,129,130)(H,131,132)/t70-,71-,72-,73-,74-,75-,76-,77-,78-,95-/m0/s1. The summed E-state index contributed by atoms with van der Waals surface area (Å²) in [5.41, 5.74) is 8.13. The van der Waals surface area contributed by atoms with E-state index < -0.39 is 212 Å². The predicted octanol–water partition coefficient (Wildman–Crippen LogP) is 7.21. The number of H-pyrrole nitrogens is 3. The fraction of sp³-hybridized carbons (Fsp3) is 0.495. The number of nitrogens with one attached hydrogen (secondary N) is 14. The number of hydrogen-bond acceptors (Lipinski definition) is 20. The Balaban J connectivity index is 0.920. The first-order valence-corrected chi connectivity index (χ1v) is 48.3. The Morgan fingerprint density at radius 3 is 1.69 bits per heavy atom. The molecule has 1 saturated heterocycles. The predicted molar refractivity (Wildman–Crippen MR) is 501 cm³/mol. The third-order valence-corrected chi connectivity index (χ3v) is 26.4. The number of carbonyl (C=O) groups is 15. The normalized spacial score (nSPS) is 20.8. The number of imidazole rings is 1. The summed E-state index contributed by atoms with van der Waals surface area (Å²) in [5.74, 6) is -15.7. The number of aliphatic carboxylic acids is 3. The number of halogens is 2. The fourth-order valence-corrected chi connectivity index (χ4v) is 18.8. The van der Waals surface area contributed by atoms with E-state index in [4.69, 9.17) is 5.73 Å². The zero-order chi connectivity index (χ0) is 97.1. The molecule has 1 fully saturated rings. The minimum absolute atomic E-state index is 0.00557. The Kier molecular flexibility index (Phi) is 40.2. The van der Waals surface area contributed by atoms with Gasteiger partial charge in [0.25, 0.3) is 0 Å². The lowest BCUT2D eigenvalue weighted by Gasteiger charge is -2.37. The molecule has 3 aliphatic rings. The number of benzene rings is 4. The average molecular weight is 1910 g/mol. The highest BCUT2D eigenvalue weighted by molar-refractivity contribution is 7.98. The lowest BCUT2D eigenvalue weighted by atomic mass is 9.95. The Bertz CT molecular complexity index is 5350. The van der Waals surface area contributed by atoms with E-state index in [1.54, 1.807) is 0 Å². The van der Waals surface area contributed by atoms with Gasteiger partial charge in [-0.25, -0.2) is 23.4 Å². The fourth-order valence-electron chi connectivity index (χ4n) is 16.9. The van der Waals surface area contributed by atoms with Crippen LogP contribution in [0.25, 0.3) is 21.8 Å². The van der Waals surface area contributed by atoms with Gasteiger partial charge in [-0.3, -0.25) is 62.3 Å². The van der Waals surface area contributed by atoms with Crippen LogP contribution in [0.3, 0.4) is 0 Å². The number of unbranched alkanes of at least 4 members (excludes halogenated alkanes) is 12. The van der Waals surface area contributed by atoms with E-state index >= 15 is 32.8 Å². The number of fused-ring (bicyclic) bond motifs is 6. The second kappa shape index (κ2) is 52.1. The number of carbonyl (C=O) groups excluding carboxylic acids is 12. The Hall–Kier alpha value is -12.9. The summed E-state index contributed by atoms with van der Waals surface area (Å²) in [6.45, 7) is 2.95. The number of aromatic hydroxyl groups is 1.